The number of carbonyl (C=O) groups is 1. The third-order valence-electron chi connectivity index (χ3n) is 6.89. The molecule has 0 fully saturated rings. The molecule has 3 rings (SSSR count). The number of rotatable bonds is 14. The predicted octanol–water partition coefficient (Wildman–Crippen LogP) is 6.88. The molecule has 0 saturated carbocycles. The van der Waals surface area contributed by atoms with E-state index in [1.54, 1.807) is 4.90 Å². The van der Waals surface area contributed by atoms with Gasteiger partial charge in [-0.25, -0.2) is 4.79 Å². The zero-order valence-electron chi connectivity index (χ0n) is 22.4. The van der Waals surface area contributed by atoms with Crippen molar-refractivity contribution in [2.75, 3.05) is 13.1 Å². The van der Waals surface area contributed by atoms with E-state index in [1.165, 1.54) is 0 Å². The highest BCUT2D eigenvalue weighted by molar-refractivity contribution is 5.67. The number of amides is 1. The Balaban J connectivity index is 1.54. The number of hydrogen-bond acceptors (Lipinski definition) is 4. The van der Waals surface area contributed by atoms with E-state index in [2.05, 4.69) is 13.8 Å². The van der Waals surface area contributed by atoms with Crippen LogP contribution in [0.2, 0.25) is 0 Å². The van der Waals surface area contributed by atoms with Gasteiger partial charge < -0.3 is 19.5 Å². The molecule has 0 saturated heterocycles. The molecule has 198 valence electrons. The van der Waals surface area contributed by atoms with Crippen molar-refractivity contribution in [3.63, 3.8) is 0 Å². The molecule has 0 unspecified atom stereocenters. The maximum absolute atomic E-state index is 13.0. The zero-order chi connectivity index (χ0) is 26.5. The van der Waals surface area contributed by atoms with Gasteiger partial charge in [-0.15, -0.1) is 0 Å². The van der Waals surface area contributed by atoms with Gasteiger partial charge >= 0.3 is 6.09 Å². The van der Waals surface area contributed by atoms with Crippen molar-refractivity contribution in [1.82, 2.24) is 4.90 Å². The fraction of sp³-hybridized carbons (Fsp3) is 0.406. The van der Waals surface area contributed by atoms with Crippen LogP contribution in [0.5, 0.6) is 5.75 Å². The Morgan fingerprint density at radius 1 is 0.784 bits per heavy atom. The number of aliphatic hydroxyl groups excluding tert-OH is 1. The quantitative estimate of drug-likeness (QED) is 0.260. The van der Waals surface area contributed by atoms with Gasteiger partial charge in [0.25, 0.3) is 0 Å². The second kappa shape index (κ2) is 15.1. The third kappa shape index (κ3) is 9.58. The van der Waals surface area contributed by atoms with Crippen molar-refractivity contribution < 1.29 is 19.4 Å². The summed E-state index contributed by atoms with van der Waals surface area (Å²) in [6.45, 7) is 7.88. The first-order chi connectivity index (χ1) is 18.0. The maximum Gasteiger partial charge on any atom is 0.410 e. The Morgan fingerprint density at radius 3 is 1.92 bits per heavy atom. The molecule has 0 bridgehead atoms. The van der Waals surface area contributed by atoms with Crippen molar-refractivity contribution in [2.24, 2.45) is 11.8 Å². The average Bonchev–Trinajstić information content (AvgIpc) is 2.94. The SMILES string of the molecule is CCC(CC)CN(C[C@@H](O)[C@@H](C)Cc1ccc(OCc2ccccc2)cc1)C(=O)OCc1ccccc1. The lowest BCUT2D eigenvalue weighted by atomic mass is 9.95. The Morgan fingerprint density at radius 2 is 1.35 bits per heavy atom. The molecule has 0 aliphatic rings. The topological polar surface area (TPSA) is 59.0 Å². The van der Waals surface area contributed by atoms with Crippen LogP contribution in [0.25, 0.3) is 0 Å². The molecule has 5 heteroatoms. The predicted molar refractivity (Wildman–Crippen MR) is 148 cm³/mol. The first-order valence-corrected chi connectivity index (χ1v) is 13.4. The minimum Gasteiger partial charge on any atom is -0.489 e. The fourth-order valence-corrected chi connectivity index (χ4v) is 4.27. The summed E-state index contributed by atoms with van der Waals surface area (Å²) in [4.78, 5) is 14.7. The van der Waals surface area contributed by atoms with Gasteiger partial charge in [0.1, 0.15) is 19.0 Å². The van der Waals surface area contributed by atoms with Crippen molar-refractivity contribution in [2.45, 2.75) is 59.4 Å². The standard InChI is InChI=1S/C32H41NO4/c1-4-26(5-2)21-33(32(35)37-24-29-14-10-7-11-15-29)22-31(34)25(3)20-27-16-18-30(19-17-27)36-23-28-12-8-6-9-13-28/h6-19,25-26,31,34H,4-5,20-24H2,1-3H3/t25-,31+/m0/s1. The van der Waals surface area contributed by atoms with E-state index in [9.17, 15) is 9.90 Å². The number of nitrogens with zero attached hydrogens (tertiary/aromatic N) is 1. The molecule has 5 nitrogen and oxygen atoms in total. The molecule has 0 heterocycles. The largest absolute Gasteiger partial charge is 0.489 e. The summed E-state index contributed by atoms with van der Waals surface area (Å²) in [7, 11) is 0. The fourth-order valence-electron chi connectivity index (χ4n) is 4.27. The molecule has 3 aromatic rings. The van der Waals surface area contributed by atoms with Crippen molar-refractivity contribution >= 4 is 6.09 Å². The van der Waals surface area contributed by atoms with Crippen LogP contribution >= 0.6 is 0 Å². The van der Waals surface area contributed by atoms with Gasteiger partial charge in [0, 0.05) is 6.54 Å². The lowest BCUT2D eigenvalue weighted by molar-refractivity contribution is 0.0436. The molecule has 3 aromatic carbocycles. The normalized spacial score (nSPS) is 12.7. The first kappa shape index (κ1) is 28.3. The summed E-state index contributed by atoms with van der Waals surface area (Å²) >= 11 is 0. The van der Waals surface area contributed by atoms with Gasteiger partial charge in [0.15, 0.2) is 0 Å². The van der Waals surface area contributed by atoms with E-state index in [0.717, 1.165) is 35.3 Å². The van der Waals surface area contributed by atoms with E-state index >= 15 is 0 Å². The molecule has 2 atom stereocenters. The van der Waals surface area contributed by atoms with E-state index < -0.39 is 6.10 Å². The minimum absolute atomic E-state index is 0.0257. The number of hydrogen-bond donors (Lipinski definition) is 1. The Kier molecular flexibility index (Phi) is 11.5. The summed E-state index contributed by atoms with van der Waals surface area (Å²) < 4.78 is 11.5. The second-order valence-electron chi connectivity index (χ2n) is 9.79. The van der Waals surface area contributed by atoms with Crippen LogP contribution in [0.15, 0.2) is 84.9 Å². The van der Waals surface area contributed by atoms with Crippen LogP contribution in [0.3, 0.4) is 0 Å². The molecule has 0 radical (unpaired) electrons. The number of ether oxygens (including phenoxy) is 2. The monoisotopic (exact) mass is 503 g/mol. The highest BCUT2D eigenvalue weighted by atomic mass is 16.6. The van der Waals surface area contributed by atoms with Crippen molar-refractivity contribution in [1.29, 1.82) is 0 Å². The third-order valence-corrected chi connectivity index (χ3v) is 6.89. The lowest BCUT2D eigenvalue weighted by Gasteiger charge is -2.30. The molecule has 0 spiro atoms. The molecular weight excluding hydrogens is 462 g/mol. The summed E-state index contributed by atoms with van der Waals surface area (Å²) in [6, 6.07) is 27.8. The molecule has 0 aliphatic carbocycles. The van der Waals surface area contributed by atoms with Crippen molar-refractivity contribution in [3.05, 3.63) is 102 Å². The molecule has 1 N–H and O–H groups in total. The summed E-state index contributed by atoms with van der Waals surface area (Å²) in [5.41, 5.74) is 3.20. The lowest BCUT2D eigenvalue weighted by Crippen LogP contribution is -2.43. The van der Waals surface area contributed by atoms with Crippen LogP contribution in [-0.2, 0) is 24.4 Å². The van der Waals surface area contributed by atoms with Crippen LogP contribution in [0, 0.1) is 11.8 Å². The number of carbonyl (C=O) groups excluding carboxylic acids is 1. The van der Waals surface area contributed by atoms with E-state index in [1.807, 2.05) is 91.9 Å². The summed E-state index contributed by atoms with van der Waals surface area (Å²) in [5.74, 6) is 1.16. The van der Waals surface area contributed by atoms with Gasteiger partial charge in [0.2, 0.25) is 0 Å². The van der Waals surface area contributed by atoms with Crippen LogP contribution in [0.4, 0.5) is 4.79 Å². The van der Waals surface area contributed by atoms with Crippen molar-refractivity contribution in [3.8, 4) is 5.75 Å². The van der Waals surface area contributed by atoms with Gasteiger partial charge in [0.05, 0.1) is 12.6 Å². The van der Waals surface area contributed by atoms with Crippen LogP contribution < -0.4 is 4.74 Å². The van der Waals surface area contributed by atoms with Crippen LogP contribution in [-0.4, -0.2) is 35.3 Å². The van der Waals surface area contributed by atoms with Gasteiger partial charge in [-0.1, -0.05) is 106 Å². The number of benzene rings is 3. The highest BCUT2D eigenvalue weighted by Gasteiger charge is 2.25. The molecular formula is C32H41NO4. The molecule has 0 aliphatic heterocycles. The Hall–Kier alpha value is -3.31. The molecule has 0 aromatic heterocycles. The van der Waals surface area contributed by atoms with Gasteiger partial charge in [-0.05, 0) is 47.1 Å². The van der Waals surface area contributed by atoms with Gasteiger partial charge in [-0.3, -0.25) is 0 Å². The zero-order valence-corrected chi connectivity index (χ0v) is 22.4. The Labute approximate surface area is 222 Å². The van der Waals surface area contributed by atoms with E-state index in [4.69, 9.17) is 9.47 Å². The second-order valence-corrected chi connectivity index (χ2v) is 9.79. The smallest absolute Gasteiger partial charge is 0.410 e. The van der Waals surface area contributed by atoms with Crippen LogP contribution in [0.1, 0.15) is 50.3 Å². The highest BCUT2D eigenvalue weighted by Crippen LogP contribution is 2.20. The molecule has 37 heavy (non-hydrogen) atoms. The average molecular weight is 504 g/mol. The van der Waals surface area contributed by atoms with E-state index in [0.29, 0.717) is 25.5 Å². The maximum atomic E-state index is 13.0. The summed E-state index contributed by atoms with van der Waals surface area (Å²) in [5, 5.41) is 11.0. The number of aliphatic hydroxyl groups is 1. The Bertz CT molecular complexity index is 1040. The van der Waals surface area contributed by atoms with Gasteiger partial charge in [-0.2, -0.15) is 0 Å². The first-order valence-electron chi connectivity index (χ1n) is 13.4. The molecule has 1 amide bonds. The van der Waals surface area contributed by atoms with E-state index in [-0.39, 0.29) is 25.2 Å². The minimum atomic E-state index is -0.660. The summed E-state index contributed by atoms with van der Waals surface area (Å²) in [6.07, 6.45) is 1.62.